The van der Waals surface area contributed by atoms with E-state index in [0.717, 1.165) is 5.56 Å². The van der Waals surface area contributed by atoms with E-state index in [-0.39, 0.29) is 30.7 Å². The molecule has 0 spiro atoms. The summed E-state index contributed by atoms with van der Waals surface area (Å²) in [6.07, 6.45) is 0. The number of hydrogen-bond donors (Lipinski definition) is 1. The van der Waals surface area contributed by atoms with Crippen LogP contribution in [0.1, 0.15) is 12.5 Å². The van der Waals surface area contributed by atoms with Gasteiger partial charge in [0.05, 0.1) is 25.0 Å². The van der Waals surface area contributed by atoms with E-state index in [1.54, 1.807) is 18.2 Å². The van der Waals surface area contributed by atoms with Crippen LogP contribution in [0.4, 0.5) is 15.8 Å². The summed E-state index contributed by atoms with van der Waals surface area (Å²) in [6.45, 7) is 3.09. The van der Waals surface area contributed by atoms with Gasteiger partial charge in [0.1, 0.15) is 6.54 Å². The molecule has 7 heteroatoms. The third-order valence-corrected chi connectivity index (χ3v) is 4.50. The van der Waals surface area contributed by atoms with Crippen molar-refractivity contribution in [2.75, 3.05) is 37.0 Å². The number of methoxy groups -OCH3 is 1. The van der Waals surface area contributed by atoms with Gasteiger partial charge in [0.25, 0.3) is 0 Å². The van der Waals surface area contributed by atoms with E-state index in [4.69, 9.17) is 4.74 Å². The molecule has 0 aliphatic carbocycles. The first-order chi connectivity index (χ1) is 13.0. The monoisotopic (exact) mass is 371 g/mol. The zero-order chi connectivity index (χ0) is 19.4. The molecule has 3 rings (SSSR count). The fourth-order valence-corrected chi connectivity index (χ4v) is 3.08. The van der Waals surface area contributed by atoms with Gasteiger partial charge in [-0.1, -0.05) is 25.1 Å². The Balaban J connectivity index is 1.72. The molecule has 2 amide bonds. The summed E-state index contributed by atoms with van der Waals surface area (Å²) in [5.41, 5.74) is 2.07. The van der Waals surface area contributed by atoms with Crippen LogP contribution in [-0.2, 0) is 16.1 Å². The van der Waals surface area contributed by atoms with E-state index in [1.165, 1.54) is 18.1 Å². The van der Waals surface area contributed by atoms with Gasteiger partial charge in [0.2, 0.25) is 11.8 Å². The smallest absolute Gasteiger partial charge is 0.244 e. The minimum Gasteiger partial charge on any atom is -0.494 e. The largest absolute Gasteiger partial charge is 0.494 e. The Labute approximate surface area is 157 Å². The summed E-state index contributed by atoms with van der Waals surface area (Å²) in [5.74, 6) is -0.636. The zero-order valence-electron chi connectivity index (χ0n) is 15.4. The van der Waals surface area contributed by atoms with E-state index >= 15 is 0 Å². The minimum absolute atomic E-state index is 0.00936. The lowest BCUT2D eigenvalue weighted by Crippen LogP contribution is -2.46. The van der Waals surface area contributed by atoms with Crippen molar-refractivity contribution in [2.24, 2.45) is 0 Å². The van der Waals surface area contributed by atoms with E-state index in [0.29, 0.717) is 24.5 Å². The molecule has 0 saturated carbocycles. The van der Waals surface area contributed by atoms with Gasteiger partial charge in [-0.15, -0.1) is 0 Å². The van der Waals surface area contributed by atoms with Crippen molar-refractivity contribution in [1.29, 1.82) is 0 Å². The predicted octanol–water partition coefficient (Wildman–Crippen LogP) is 2.64. The molecule has 2 aromatic rings. The predicted molar refractivity (Wildman–Crippen MR) is 101 cm³/mol. The lowest BCUT2D eigenvalue weighted by molar-refractivity contribution is -0.122. The van der Waals surface area contributed by atoms with Gasteiger partial charge in [0, 0.05) is 6.54 Å². The topological polar surface area (TPSA) is 61.9 Å². The number of nitrogens with zero attached hydrogens (tertiary/aromatic N) is 2. The number of ether oxygens (including phenoxy) is 1. The van der Waals surface area contributed by atoms with Crippen LogP contribution in [0.5, 0.6) is 5.75 Å². The Morgan fingerprint density at radius 1 is 1.30 bits per heavy atom. The number of carbonyl (C=O) groups is 2. The second-order valence-electron chi connectivity index (χ2n) is 6.32. The lowest BCUT2D eigenvalue weighted by atomic mass is 10.1. The highest BCUT2D eigenvalue weighted by Crippen LogP contribution is 2.29. The maximum absolute atomic E-state index is 13.9. The number of rotatable bonds is 6. The number of fused-ring (bicyclic) bond motifs is 1. The Hall–Kier alpha value is -2.93. The molecule has 0 unspecified atom stereocenters. The van der Waals surface area contributed by atoms with Crippen molar-refractivity contribution in [1.82, 2.24) is 4.90 Å². The number of carbonyl (C=O) groups excluding carboxylic acids is 2. The van der Waals surface area contributed by atoms with Crippen molar-refractivity contribution in [3.8, 4) is 5.75 Å². The lowest BCUT2D eigenvalue weighted by Gasteiger charge is -2.31. The average molecular weight is 371 g/mol. The van der Waals surface area contributed by atoms with Crippen molar-refractivity contribution < 1.29 is 18.7 Å². The van der Waals surface area contributed by atoms with E-state index in [2.05, 4.69) is 5.32 Å². The van der Waals surface area contributed by atoms with Gasteiger partial charge in [-0.3, -0.25) is 19.4 Å². The van der Waals surface area contributed by atoms with Crippen LogP contribution >= 0.6 is 0 Å². The standard InChI is InChI=1S/C20H22FN3O3/c1-3-23(11-14-8-9-18(27-2)15(21)10-14)13-20(26)24-12-19(25)22-16-6-4-5-7-17(16)24/h4-10H,3,11-13H2,1-2H3,(H,22,25). The summed E-state index contributed by atoms with van der Waals surface area (Å²) < 4.78 is 18.8. The molecule has 1 aliphatic heterocycles. The highest BCUT2D eigenvalue weighted by Gasteiger charge is 2.27. The second-order valence-corrected chi connectivity index (χ2v) is 6.32. The molecular weight excluding hydrogens is 349 g/mol. The van der Waals surface area contributed by atoms with Crippen LogP contribution in [0.2, 0.25) is 0 Å². The zero-order valence-corrected chi connectivity index (χ0v) is 15.4. The molecule has 0 saturated heterocycles. The molecule has 142 valence electrons. The normalized spacial score (nSPS) is 13.3. The Morgan fingerprint density at radius 3 is 2.78 bits per heavy atom. The first kappa shape index (κ1) is 18.8. The number of nitrogens with one attached hydrogen (secondary N) is 1. The highest BCUT2D eigenvalue weighted by molar-refractivity contribution is 6.10. The van der Waals surface area contributed by atoms with Crippen molar-refractivity contribution in [2.45, 2.75) is 13.5 Å². The number of benzene rings is 2. The summed E-state index contributed by atoms with van der Waals surface area (Å²) in [5, 5.41) is 2.77. The van der Waals surface area contributed by atoms with Crippen LogP contribution < -0.4 is 15.0 Å². The van der Waals surface area contributed by atoms with Gasteiger partial charge in [-0.2, -0.15) is 0 Å². The van der Waals surface area contributed by atoms with Gasteiger partial charge < -0.3 is 10.1 Å². The molecule has 0 atom stereocenters. The van der Waals surface area contributed by atoms with Gasteiger partial charge >= 0.3 is 0 Å². The van der Waals surface area contributed by atoms with Crippen LogP contribution in [0, 0.1) is 5.82 Å². The van der Waals surface area contributed by atoms with Gasteiger partial charge in [0.15, 0.2) is 11.6 Å². The third kappa shape index (κ3) is 4.25. The first-order valence-electron chi connectivity index (χ1n) is 8.75. The van der Waals surface area contributed by atoms with Crippen molar-refractivity contribution >= 4 is 23.2 Å². The Kier molecular flexibility index (Phi) is 5.71. The number of amides is 2. The van der Waals surface area contributed by atoms with Crippen molar-refractivity contribution in [3.63, 3.8) is 0 Å². The molecule has 1 N–H and O–H groups in total. The SMILES string of the molecule is CCN(CC(=O)N1CC(=O)Nc2ccccc21)Cc1ccc(OC)c(F)c1. The summed E-state index contributed by atoms with van der Waals surface area (Å²) in [6, 6.07) is 12.0. The second kappa shape index (κ2) is 8.18. The first-order valence-corrected chi connectivity index (χ1v) is 8.75. The molecular formula is C20H22FN3O3. The number of anilines is 2. The number of hydrogen-bond acceptors (Lipinski definition) is 4. The Bertz CT molecular complexity index is 856. The number of halogens is 1. The highest BCUT2D eigenvalue weighted by atomic mass is 19.1. The van der Waals surface area contributed by atoms with Crippen LogP contribution in [0.25, 0.3) is 0 Å². The van der Waals surface area contributed by atoms with Crippen LogP contribution in [0.3, 0.4) is 0 Å². The molecule has 1 heterocycles. The molecule has 0 radical (unpaired) electrons. The number of likely N-dealkylation sites (N-methyl/N-ethyl adjacent to an activating group) is 1. The van der Waals surface area contributed by atoms with Crippen LogP contribution in [-0.4, -0.2) is 43.5 Å². The molecule has 2 aromatic carbocycles. The number of para-hydroxylation sites is 2. The fraction of sp³-hybridized carbons (Fsp3) is 0.300. The van der Waals surface area contributed by atoms with Gasteiger partial charge in [-0.05, 0) is 36.4 Å². The summed E-state index contributed by atoms with van der Waals surface area (Å²) in [7, 11) is 1.42. The minimum atomic E-state index is -0.431. The summed E-state index contributed by atoms with van der Waals surface area (Å²) in [4.78, 5) is 28.1. The van der Waals surface area contributed by atoms with Crippen LogP contribution in [0.15, 0.2) is 42.5 Å². The molecule has 1 aliphatic rings. The van der Waals surface area contributed by atoms with Crippen molar-refractivity contribution in [3.05, 3.63) is 53.8 Å². The third-order valence-electron chi connectivity index (χ3n) is 4.50. The molecule has 0 bridgehead atoms. The van der Waals surface area contributed by atoms with E-state index in [1.807, 2.05) is 30.0 Å². The molecule has 27 heavy (non-hydrogen) atoms. The molecule has 6 nitrogen and oxygen atoms in total. The van der Waals surface area contributed by atoms with Gasteiger partial charge in [-0.25, -0.2) is 4.39 Å². The average Bonchev–Trinajstić information content (AvgIpc) is 2.66. The molecule has 0 fully saturated rings. The maximum atomic E-state index is 13.9. The Morgan fingerprint density at radius 2 is 2.07 bits per heavy atom. The quantitative estimate of drug-likeness (QED) is 0.848. The summed E-state index contributed by atoms with van der Waals surface area (Å²) >= 11 is 0. The molecule has 0 aromatic heterocycles. The fourth-order valence-electron chi connectivity index (χ4n) is 3.08. The maximum Gasteiger partial charge on any atom is 0.244 e. The van der Waals surface area contributed by atoms with E-state index in [9.17, 15) is 14.0 Å². The van der Waals surface area contributed by atoms with E-state index < -0.39 is 5.82 Å².